The molecule has 4 aliphatic rings. The zero-order valence-electron chi connectivity index (χ0n) is 21.2. The fourth-order valence-electron chi connectivity index (χ4n) is 6.24. The Balaban J connectivity index is 1.59. The number of aldehydes is 1. The summed E-state index contributed by atoms with van der Waals surface area (Å²) in [4.78, 5) is 24.3. The predicted molar refractivity (Wildman–Crippen MR) is 127 cm³/mol. The minimum Gasteiger partial charge on any atom is -0.469 e. The molecule has 8 nitrogen and oxygen atoms in total. The van der Waals surface area contributed by atoms with Gasteiger partial charge in [0.2, 0.25) is 0 Å². The van der Waals surface area contributed by atoms with Gasteiger partial charge < -0.3 is 32.9 Å². The molecule has 9 heteroatoms. The predicted octanol–water partition coefficient (Wildman–Crippen LogP) is 3.90. The Hall–Kier alpha value is -0.843. The van der Waals surface area contributed by atoms with Crippen LogP contribution in [0.2, 0.25) is 18.1 Å². The number of esters is 1. The summed E-state index contributed by atoms with van der Waals surface area (Å²) >= 11 is 0. The molecule has 3 unspecified atom stereocenters. The fourth-order valence-corrected chi connectivity index (χ4v) is 9.01. The molecule has 1 saturated carbocycles. The van der Waals surface area contributed by atoms with E-state index in [4.69, 9.17) is 28.1 Å². The molecule has 3 aliphatic heterocycles. The van der Waals surface area contributed by atoms with Crippen molar-refractivity contribution < 1.29 is 37.7 Å². The number of carbonyl (C=O) groups is 2. The van der Waals surface area contributed by atoms with E-state index in [0.29, 0.717) is 6.42 Å². The van der Waals surface area contributed by atoms with E-state index in [-0.39, 0.29) is 36.8 Å². The van der Waals surface area contributed by atoms with Crippen molar-refractivity contribution >= 4 is 20.6 Å². The van der Waals surface area contributed by atoms with Crippen LogP contribution in [0.15, 0.2) is 0 Å². The lowest BCUT2D eigenvalue weighted by atomic mass is 9.87. The lowest BCUT2D eigenvalue weighted by Crippen LogP contribution is -2.63. The Bertz CT molecular complexity index is 699. The normalized spacial score (nSPS) is 35.9. The summed E-state index contributed by atoms with van der Waals surface area (Å²) in [5.74, 6) is -0.929. The Morgan fingerprint density at radius 1 is 1.00 bits per heavy atom. The first-order valence-electron chi connectivity index (χ1n) is 13.3. The van der Waals surface area contributed by atoms with E-state index in [1.54, 1.807) is 0 Å². The molecule has 0 amide bonds. The van der Waals surface area contributed by atoms with Gasteiger partial charge in [-0.15, -0.1) is 0 Å². The molecule has 0 bridgehead atoms. The SMILES string of the molecule is CC[Si](CC)(CC)O[C@H](C=O)[C@@H]1O[C@H]2CCC(CC(=O)OC)O[C@@H]2C2OC3(CCCCC3)OC21. The van der Waals surface area contributed by atoms with Crippen LogP contribution in [-0.4, -0.2) is 76.2 Å². The smallest absolute Gasteiger partial charge is 0.308 e. The molecule has 3 saturated heterocycles. The minimum absolute atomic E-state index is 0.213. The molecule has 0 aromatic rings. The summed E-state index contributed by atoms with van der Waals surface area (Å²) < 4.78 is 37.8. The molecule has 1 spiro atoms. The van der Waals surface area contributed by atoms with Crippen LogP contribution in [0.5, 0.6) is 0 Å². The molecule has 0 radical (unpaired) electrons. The molecule has 194 valence electrons. The Kier molecular flexibility index (Phi) is 8.52. The van der Waals surface area contributed by atoms with E-state index in [2.05, 4.69) is 20.8 Å². The summed E-state index contributed by atoms with van der Waals surface area (Å²) in [5.41, 5.74) is 0. The lowest BCUT2D eigenvalue weighted by Gasteiger charge is -2.48. The van der Waals surface area contributed by atoms with Crippen molar-refractivity contribution in [3.8, 4) is 0 Å². The third-order valence-electron chi connectivity index (χ3n) is 8.51. The van der Waals surface area contributed by atoms with Gasteiger partial charge in [-0.25, -0.2) is 0 Å². The van der Waals surface area contributed by atoms with Gasteiger partial charge in [0, 0.05) is 12.8 Å². The summed E-state index contributed by atoms with van der Waals surface area (Å²) in [6.07, 6.45) is 4.67. The second-order valence-corrected chi connectivity index (χ2v) is 15.0. The van der Waals surface area contributed by atoms with Crippen molar-refractivity contribution in [1.82, 2.24) is 0 Å². The van der Waals surface area contributed by atoms with E-state index in [1.807, 2.05) is 0 Å². The van der Waals surface area contributed by atoms with E-state index in [0.717, 1.165) is 56.5 Å². The van der Waals surface area contributed by atoms with Gasteiger partial charge in [-0.3, -0.25) is 4.79 Å². The van der Waals surface area contributed by atoms with Crippen LogP contribution in [0, 0.1) is 0 Å². The molecule has 3 heterocycles. The first kappa shape index (κ1) is 26.2. The number of fused-ring (bicyclic) bond motifs is 3. The van der Waals surface area contributed by atoms with Gasteiger partial charge in [-0.2, -0.15) is 0 Å². The maximum atomic E-state index is 12.4. The molecule has 1 aliphatic carbocycles. The zero-order chi connectivity index (χ0) is 24.3. The number of rotatable bonds is 9. The molecule has 4 fully saturated rings. The van der Waals surface area contributed by atoms with Gasteiger partial charge in [0.1, 0.15) is 36.8 Å². The van der Waals surface area contributed by atoms with Gasteiger partial charge in [0.25, 0.3) is 0 Å². The molecule has 4 rings (SSSR count). The zero-order valence-corrected chi connectivity index (χ0v) is 22.2. The van der Waals surface area contributed by atoms with Crippen LogP contribution in [0.4, 0.5) is 0 Å². The number of carbonyl (C=O) groups excluding carboxylic acids is 2. The first-order chi connectivity index (χ1) is 16.4. The Morgan fingerprint density at radius 2 is 1.68 bits per heavy atom. The summed E-state index contributed by atoms with van der Waals surface area (Å²) in [5, 5.41) is 0. The average Bonchev–Trinajstić information content (AvgIpc) is 3.24. The molecule has 0 aromatic heterocycles. The highest BCUT2D eigenvalue weighted by atomic mass is 28.4. The molecule has 0 N–H and O–H groups in total. The number of methoxy groups -OCH3 is 1. The van der Waals surface area contributed by atoms with E-state index >= 15 is 0 Å². The number of hydrogen-bond donors (Lipinski definition) is 0. The maximum Gasteiger partial charge on any atom is 0.308 e. The second kappa shape index (κ2) is 11.0. The Labute approximate surface area is 204 Å². The molecular weight excluding hydrogens is 456 g/mol. The monoisotopic (exact) mass is 498 g/mol. The Morgan fingerprint density at radius 3 is 2.29 bits per heavy atom. The number of ether oxygens (including phenoxy) is 5. The van der Waals surface area contributed by atoms with Gasteiger partial charge >= 0.3 is 5.97 Å². The molecular formula is C25H42O8Si. The minimum atomic E-state index is -2.04. The van der Waals surface area contributed by atoms with E-state index < -0.39 is 32.4 Å². The molecule has 0 aromatic carbocycles. The highest BCUT2D eigenvalue weighted by Gasteiger charge is 2.61. The summed E-state index contributed by atoms with van der Waals surface area (Å²) in [7, 11) is -0.651. The van der Waals surface area contributed by atoms with Crippen molar-refractivity contribution in [2.45, 2.75) is 139 Å². The van der Waals surface area contributed by atoms with Crippen LogP contribution in [0.3, 0.4) is 0 Å². The lowest BCUT2D eigenvalue weighted by molar-refractivity contribution is -0.250. The first-order valence-corrected chi connectivity index (χ1v) is 15.8. The average molecular weight is 499 g/mol. The van der Waals surface area contributed by atoms with Crippen molar-refractivity contribution in [2.75, 3.05) is 7.11 Å². The van der Waals surface area contributed by atoms with Crippen molar-refractivity contribution in [3.63, 3.8) is 0 Å². The molecule has 34 heavy (non-hydrogen) atoms. The van der Waals surface area contributed by atoms with Crippen molar-refractivity contribution in [1.29, 1.82) is 0 Å². The van der Waals surface area contributed by atoms with Crippen molar-refractivity contribution in [2.24, 2.45) is 0 Å². The highest BCUT2D eigenvalue weighted by Crippen LogP contribution is 2.48. The largest absolute Gasteiger partial charge is 0.469 e. The highest BCUT2D eigenvalue weighted by molar-refractivity contribution is 6.73. The van der Waals surface area contributed by atoms with E-state index in [9.17, 15) is 9.59 Å². The summed E-state index contributed by atoms with van der Waals surface area (Å²) in [6.45, 7) is 6.47. The topological polar surface area (TPSA) is 89.5 Å². The van der Waals surface area contributed by atoms with Gasteiger partial charge in [0.05, 0.1) is 25.7 Å². The maximum absolute atomic E-state index is 12.4. The fraction of sp³-hybridized carbons (Fsp3) is 0.920. The molecule has 7 atom stereocenters. The van der Waals surface area contributed by atoms with Crippen LogP contribution in [0.25, 0.3) is 0 Å². The van der Waals surface area contributed by atoms with Crippen LogP contribution >= 0.6 is 0 Å². The van der Waals surface area contributed by atoms with Crippen LogP contribution < -0.4 is 0 Å². The third kappa shape index (κ3) is 5.15. The van der Waals surface area contributed by atoms with Gasteiger partial charge in [0.15, 0.2) is 14.1 Å². The van der Waals surface area contributed by atoms with Crippen LogP contribution in [-0.2, 0) is 37.7 Å². The van der Waals surface area contributed by atoms with Gasteiger partial charge in [-0.05, 0) is 43.8 Å². The quantitative estimate of drug-likeness (QED) is 0.269. The third-order valence-corrected chi connectivity index (χ3v) is 13.1. The van der Waals surface area contributed by atoms with Crippen LogP contribution in [0.1, 0.15) is 72.1 Å². The second-order valence-electron chi connectivity index (χ2n) is 10.3. The standard InChI is InChI=1S/C25H42O8Si/c1-5-34(6-2,7-3)33-19(16-26)22-24-23(31-25(32-24)13-9-8-10-14-25)21-18(30-22)12-11-17(29-21)15-20(27)28-4/h16-19,21-24H,5-15H2,1-4H3/t17?,18-,19+,21-,22-,23?,24?/m0/s1. The van der Waals surface area contributed by atoms with E-state index in [1.165, 1.54) is 13.5 Å². The van der Waals surface area contributed by atoms with Crippen molar-refractivity contribution in [3.05, 3.63) is 0 Å². The summed E-state index contributed by atoms with van der Waals surface area (Å²) in [6, 6.07) is 2.87. The number of hydrogen-bond acceptors (Lipinski definition) is 8. The van der Waals surface area contributed by atoms with Gasteiger partial charge in [-0.1, -0.05) is 27.2 Å².